The van der Waals surface area contributed by atoms with Gasteiger partial charge in [0, 0.05) is 41.8 Å². The van der Waals surface area contributed by atoms with Gasteiger partial charge in [-0.1, -0.05) is 34.9 Å². The number of carboxylic acid groups (broad SMARTS) is 1. The summed E-state index contributed by atoms with van der Waals surface area (Å²) in [5, 5.41) is 10.8. The van der Waals surface area contributed by atoms with Gasteiger partial charge in [-0.25, -0.2) is 4.98 Å². The number of unbranched alkanes of at least 4 members (excludes halogenated alkanes) is 1. The summed E-state index contributed by atoms with van der Waals surface area (Å²) < 4.78 is 7.08. The number of cyclic esters (lactones) is 1. The van der Waals surface area contributed by atoms with Gasteiger partial charge >= 0.3 is 5.97 Å². The van der Waals surface area contributed by atoms with Gasteiger partial charge in [0.1, 0.15) is 0 Å². The van der Waals surface area contributed by atoms with Crippen molar-refractivity contribution in [3.8, 4) is 0 Å². The lowest BCUT2D eigenvalue weighted by molar-refractivity contribution is -0.305. The van der Waals surface area contributed by atoms with Crippen molar-refractivity contribution in [2.75, 3.05) is 12.4 Å². The van der Waals surface area contributed by atoms with Crippen molar-refractivity contribution >= 4 is 33.5 Å². The van der Waals surface area contributed by atoms with E-state index in [0.717, 1.165) is 36.6 Å². The topological polar surface area (TPSA) is 84.2 Å². The normalized spacial score (nSPS) is 24.4. The Morgan fingerprint density at radius 3 is 2.85 bits per heavy atom. The van der Waals surface area contributed by atoms with Crippen molar-refractivity contribution in [3.63, 3.8) is 0 Å². The molecule has 1 aromatic heterocycles. The number of rotatable bonds is 8. The lowest BCUT2D eigenvalue weighted by Gasteiger charge is -2.12. The molecule has 27 heavy (non-hydrogen) atoms. The van der Waals surface area contributed by atoms with E-state index in [1.54, 1.807) is 6.33 Å². The molecule has 2 saturated heterocycles. The molecule has 152 valence electrons. The van der Waals surface area contributed by atoms with Gasteiger partial charge in [-0.3, -0.25) is 4.79 Å². The molecule has 2 aliphatic rings. The Morgan fingerprint density at radius 1 is 1.44 bits per heavy atom. The monoisotopic (exact) mass is 413 g/mol. The molecule has 0 saturated carbocycles. The van der Waals surface area contributed by atoms with E-state index in [-0.39, 0.29) is 18.3 Å². The van der Waals surface area contributed by atoms with Gasteiger partial charge in [0.05, 0.1) is 18.9 Å². The fraction of sp³-hybridized carbons (Fsp3) is 0.737. The Bertz CT molecular complexity index is 602. The molecular weight excluding hydrogens is 384 g/mol. The van der Waals surface area contributed by atoms with E-state index in [4.69, 9.17) is 4.74 Å². The fourth-order valence-electron chi connectivity index (χ4n) is 3.36. The van der Waals surface area contributed by atoms with Gasteiger partial charge in [-0.2, -0.15) is 0 Å². The SMILES string of the molecule is CC[C@@H]1C(=O)OC[C@@H]1Cc1cncn1C.O=C([O-])CCCC[C@@H]1CCSS1. The molecule has 0 bridgehead atoms. The Hall–Kier alpha value is -1.15. The molecular formula is C19H29N2O4S2-. The highest BCUT2D eigenvalue weighted by Gasteiger charge is 2.35. The minimum atomic E-state index is -0.913. The molecule has 3 heterocycles. The number of ether oxygens (including phenoxy) is 1. The fourth-order valence-corrected chi connectivity index (χ4v) is 6.39. The zero-order chi connectivity index (χ0) is 19.6. The number of esters is 1. The largest absolute Gasteiger partial charge is 0.550 e. The number of carbonyl (C=O) groups excluding carboxylic acids is 2. The molecule has 2 fully saturated rings. The molecule has 0 spiro atoms. The summed E-state index contributed by atoms with van der Waals surface area (Å²) in [6.07, 6.45) is 9.89. The lowest BCUT2D eigenvalue weighted by Crippen LogP contribution is -2.21. The Balaban J connectivity index is 0.000000199. The molecule has 0 N–H and O–H groups in total. The van der Waals surface area contributed by atoms with Crippen molar-refractivity contribution in [2.24, 2.45) is 18.9 Å². The van der Waals surface area contributed by atoms with Gasteiger partial charge in [-0.05, 0) is 38.5 Å². The predicted octanol–water partition coefficient (Wildman–Crippen LogP) is 2.61. The van der Waals surface area contributed by atoms with Crippen LogP contribution in [-0.4, -0.2) is 39.1 Å². The lowest BCUT2D eigenvalue weighted by atomic mass is 9.89. The molecule has 8 heteroatoms. The van der Waals surface area contributed by atoms with Crippen LogP contribution in [0.4, 0.5) is 0 Å². The summed E-state index contributed by atoms with van der Waals surface area (Å²) >= 11 is 0. The zero-order valence-electron chi connectivity index (χ0n) is 16.1. The summed E-state index contributed by atoms with van der Waals surface area (Å²) in [6, 6.07) is 0. The Morgan fingerprint density at radius 2 is 2.26 bits per heavy atom. The van der Waals surface area contributed by atoms with Crippen LogP contribution in [-0.2, 0) is 27.8 Å². The molecule has 0 unspecified atom stereocenters. The smallest absolute Gasteiger partial charge is 0.309 e. The van der Waals surface area contributed by atoms with Crippen LogP contribution in [0.25, 0.3) is 0 Å². The summed E-state index contributed by atoms with van der Waals surface area (Å²) in [5.74, 6) is 0.696. The Kier molecular flexibility index (Phi) is 9.54. The third-order valence-corrected chi connectivity index (χ3v) is 8.03. The summed E-state index contributed by atoms with van der Waals surface area (Å²) in [7, 11) is 5.86. The summed E-state index contributed by atoms with van der Waals surface area (Å²) in [4.78, 5) is 25.5. The molecule has 6 nitrogen and oxygen atoms in total. The van der Waals surface area contributed by atoms with Crippen molar-refractivity contribution < 1.29 is 19.4 Å². The maximum absolute atomic E-state index is 11.4. The van der Waals surface area contributed by atoms with Gasteiger partial charge < -0.3 is 19.2 Å². The first-order chi connectivity index (χ1) is 13.0. The predicted molar refractivity (Wildman–Crippen MR) is 107 cm³/mol. The highest BCUT2D eigenvalue weighted by molar-refractivity contribution is 8.77. The van der Waals surface area contributed by atoms with E-state index in [1.165, 1.54) is 18.6 Å². The average molecular weight is 414 g/mol. The third-order valence-electron chi connectivity index (χ3n) is 5.02. The first-order valence-corrected chi connectivity index (χ1v) is 12.0. The number of nitrogens with zero attached hydrogens (tertiary/aromatic N) is 2. The molecule has 3 atom stereocenters. The van der Waals surface area contributed by atoms with Crippen LogP contribution >= 0.6 is 21.6 Å². The van der Waals surface area contributed by atoms with Gasteiger partial charge in [-0.15, -0.1) is 0 Å². The molecule has 1 aromatic rings. The standard InChI is InChI=1S/C11H16N2O2.C8H14O2S2/c1-3-10-8(6-15-11(10)14)4-9-5-12-7-13(9)2;9-8(10)4-2-1-3-7-5-6-11-12-7/h5,7-8,10H,3-4,6H2,1-2H3;7H,1-6H2,(H,9,10)/p-1/t8-,10-;7-/m01/s1. The molecule has 0 radical (unpaired) electrons. The van der Waals surface area contributed by atoms with Crippen molar-refractivity contribution in [2.45, 2.75) is 57.1 Å². The minimum absolute atomic E-state index is 0.0373. The van der Waals surface area contributed by atoms with E-state index in [0.29, 0.717) is 12.5 Å². The van der Waals surface area contributed by atoms with Crippen molar-refractivity contribution in [1.82, 2.24) is 9.55 Å². The maximum atomic E-state index is 11.4. The highest BCUT2D eigenvalue weighted by atomic mass is 33.1. The number of imidazole rings is 1. The minimum Gasteiger partial charge on any atom is -0.550 e. The molecule has 3 rings (SSSR count). The van der Waals surface area contributed by atoms with Crippen LogP contribution in [0.2, 0.25) is 0 Å². The number of hydrogen-bond donors (Lipinski definition) is 0. The second-order valence-electron chi connectivity index (χ2n) is 7.05. The summed E-state index contributed by atoms with van der Waals surface area (Å²) in [6.45, 7) is 2.59. The summed E-state index contributed by atoms with van der Waals surface area (Å²) in [5.41, 5.74) is 1.16. The van der Waals surface area contributed by atoms with E-state index >= 15 is 0 Å². The number of aromatic nitrogens is 2. The van der Waals surface area contributed by atoms with E-state index in [1.807, 2.05) is 46.3 Å². The third kappa shape index (κ3) is 7.41. The van der Waals surface area contributed by atoms with Gasteiger partial charge in [0.2, 0.25) is 0 Å². The van der Waals surface area contributed by atoms with Crippen LogP contribution in [0.1, 0.15) is 51.1 Å². The quantitative estimate of drug-likeness (QED) is 0.368. The average Bonchev–Trinajstić information content (AvgIpc) is 3.36. The van der Waals surface area contributed by atoms with Gasteiger partial charge in [0.15, 0.2) is 0 Å². The van der Waals surface area contributed by atoms with Crippen molar-refractivity contribution in [1.29, 1.82) is 0 Å². The molecule has 0 aromatic carbocycles. The van der Waals surface area contributed by atoms with Crippen LogP contribution in [0, 0.1) is 11.8 Å². The first kappa shape index (κ1) is 22.1. The first-order valence-electron chi connectivity index (χ1n) is 9.61. The van der Waals surface area contributed by atoms with Crippen LogP contribution < -0.4 is 5.11 Å². The number of carboxylic acids is 1. The molecule has 2 aliphatic heterocycles. The molecule has 0 amide bonds. The second kappa shape index (κ2) is 11.6. The number of hydrogen-bond acceptors (Lipinski definition) is 7. The van der Waals surface area contributed by atoms with Crippen LogP contribution in [0.15, 0.2) is 12.5 Å². The van der Waals surface area contributed by atoms with Crippen LogP contribution in [0.5, 0.6) is 0 Å². The second-order valence-corrected chi connectivity index (χ2v) is 9.84. The number of aliphatic carboxylic acids is 1. The van der Waals surface area contributed by atoms with E-state index in [9.17, 15) is 14.7 Å². The van der Waals surface area contributed by atoms with Crippen molar-refractivity contribution in [3.05, 3.63) is 18.2 Å². The number of carbonyl (C=O) groups is 2. The highest BCUT2D eigenvalue weighted by Crippen LogP contribution is 2.39. The zero-order valence-corrected chi connectivity index (χ0v) is 17.7. The maximum Gasteiger partial charge on any atom is 0.309 e. The number of aryl methyl sites for hydroxylation is 1. The van der Waals surface area contributed by atoms with E-state index < -0.39 is 5.97 Å². The molecule has 0 aliphatic carbocycles. The Labute approximate surface area is 169 Å². The van der Waals surface area contributed by atoms with Crippen LogP contribution in [0.3, 0.4) is 0 Å². The van der Waals surface area contributed by atoms with Gasteiger partial charge in [0.25, 0.3) is 0 Å². The van der Waals surface area contributed by atoms with E-state index in [2.05, 4.69) is 4.98 Å².